The summed E-state index contributed by atoms with van der Waals surface area (Å²) in [5.74, 6) is 1.36. The summed E-state index contributed by atoms with van der Waals surface area (Å²) in [6.45, 7) is 11.6. The molecule has 2 aliphatic heterocycles. The molecule has 32 heavy (non-hydrogen) atoms. The average molecular weight is 471 g/mol. The summed E-state index contributed by atoms with van der Waals surface area (Å²) in [5.41, 5.74) is 3.16. The number of aryl methyl sites for hydroxylation is 2. The molecule has 9 heteroatoms. The van der Waals surface area contributed by atoms with Gasteiger partial charge in [0.05, 0.1) is 32.7 Å². The van der Waals surface area contributed by atoms with Crippen molar-refractivity contribution >= 4 is 52.9 Å². The molecule has 0 aromatic carbocycles. The van der Waals surface area contributed by atoms with Crippen molar-refractivity contribution < 1.29 is 4.79 Å². The number of thiazole rings is 1. The Morgan fingerprint density at radius 1 is 1.38 bits per heavy atom. The van der Waals surface area contributed by atoms with Gasteiger partial charge in [-0.05, 0) is 44.5 Å². The summed E-state index contributed by atoms with van der Waals surface area (Å²) < 4.78 is 0. The average Bonchev–Trinajstić information content (AvgIpc) is 3.13. The Morgan fingerprint density at radius 2 is 2.09 bits per heavy atom. The standard InChI is InChI=1S/C21H24N6OS2.C2H6/c1-12-20(30-13(2)26-12)18(23-3)10-29-11-25-19-5-4-14(9-24-19)21(28)27-16-6-15(22)7-17(27)8-16;1-2/h4-5,9-10,16-17,22H,3,6-8,11H2,1-2H3,(H,24,25);1-2H3/b18-10-,22-15?;/t16-,17+;. The molecule has 0 saturated carbocycles. The zero-order valence-electron chi connectivity index (χ0n) is 19.0. The van der Waals surface area contributed by atoms with E-state index in [9.17, 15) is 4.79 Å². The van der Waals surface area contributed by atoms with Gasteiger partial charge in [0.15, 0.2) is 0 Å². The van der Waals surface area contributed by atoms with Crippen molar-refractivity contribution in [1.82, 2.24) is 14.9 Å². The van der Waals surface area contributed by atoms with Gasteiger partial charge in [-0.3, -0.25) is 9.79 Å². The third kappa shape index (κ3) is 5.27. The quantitative estimate of drug-likeness (QED) is 0.322. The SMILES string of the molecule is C=N/C(=C\SCNc1ccc(C(=O)N2[C@@H]3CC(=N)C[C@H]2C3)cn1)c1sc(C)nc1C.CC. The Balaban J connectivity index is 0.00000141. The number of thioether (sulfide) groups is 1. The Kier molecular flexibility index (Phi) is 8.20. The van der Waals surface area contributed by atoms with Gasteiger partial charge in [0.25, 0.3) is 5.91 Å². The van der Waals surface area contributed by atoms with Crippen LogP contribution in [0.2, 0.25) is 0 Å². The molecule has 2 bridgehead atoms. The monoisotopic (exact) mass is 470 g/mol. The highest BCUT2D eigenvalue weighted by atomic mass is 32.2. The number of aliphatic imine (C=N–C) groups is 1. The van der Waals surface area contributed by atoms with Crippen molar-refractivity contribution in [2.75, 3.05) is 11.2 Å². The molecule has 2 fully saturated rings. The van der Waals surface area contributed by atoms with Crippen molar-refractivity contribution in [3.63, 3.8) is 0 Å². The van der Waals surface area contributed by atoms with Crippen LogP contribution in [0, 0.1) is 19.3 Å². The molecule has 170 valence electrons. The minimum absolute atomic E-state index is 0.0250. The highest BCUT2D eigenvalue weighted by molar-refractivity contribution is 8.02. The molecular formula is C23H30N6OS2. The van der Waals surface area contributed by atoms with Crippen LogP contribution in [-0.2, 0) is 0 Å². The molecule has 2 aromatic heterocycles. The van der Waals surface area contributed by atoms with Gasteiger partial charge in [-0.1, -0.05) is 13.8 Å². The van der Waals surface area contributed by atoms with Crippen LogP contribution in [0.15, 0.2) is 28.7 Å². The van der Waals surface area contributed by atoms with E-state index in [1.807, 2.05) is 50.1 Å². The number of carbonyl (C=O) groups excluding carboxylic acids is 1. The van der Waals surface area contributed by atoms with Crippen molar-refractivity contribution in [1.29, 1.82) is 5.41 Å². The highest BCUT2D eigenvalue weighted by Gasteiger charge is 2.46. The summed E-state index contributed by atoms with van der Waals surface area (Å²) in [4.78, 5) is 28.7. The first-order valence-electron chi connectivity index (χ1n) is 10.8. The maximum Gasteiger partial charge on any atom is 0.255 e. The summed E-state index contributed by atoms with van der Waals surface area (Å²) in [6.07, 6.45) is 4.07. The third-order valence-electron chi connectivity index (χ3n) is 5.38. The predicted molar refractivity (Wildman–Crippen MR) is 136 cm³/mol. The maximum absolute atomic E-state index is 12.8. The first kappa shape index (κ1) is 24.1. The van der Waals surface area contributed by atoms with E-state index in [0.29, 0.717) is 24.3 Å². The smallest absolute Gasteiger partial charge is 0.255 e. The van der Waals surface area contributed by atoms with Gasteiger partial charge in [0, 0.05) is 36.8 Å². The number of rotatable bonds is 7. The number of carbonyl (C=O) groups is 1. The fraction of sp³-hybridized carbons (Fsp3) is 0.435. The van der Waals surface area contributed by atoms with Gasteiger partial charge in [-0.25, -0.2) is 9.97 Å². The fourth-order valence-corrected chi connectivity index (χ4v) is 5.63. The van der Waals surface area contributed by atoms with Gasteiger partial charge < -0.3 is 15.6 Å². The normalized spacial score (nSPS) is 19.6. The van der Waals surface area contributed by atoms with E-state index in [-0.39, 0.29) is 18.0 Å². The van der Waals surface area contributed by atoms with E-state index < -0.39 is 0 Å². The van der Waals surface area contributed by atoms with Crippen LogP contribution < -0.4 is 5.32 Å². The maximum atomic E-state index is 12.8. The zero-order chi connectivity index (χ0) is 23.3. The minimum Gasteiger partial charge on any atom is -0.361 e. The number of fused-ring (bicyclic) bond motifs is 2. The van der Waals surface area contributed by atoms with Crippen LogP contribution in [0.25, 0.3) is 5.70 Å². The van der Waals surface area contributed by atoms with E-state index in [0.717, 1.165) is 39.2 Å². The van der Waals surface area contributed by atoms with Gasteiger partial charge in [0.2, 0.25) is 0 Å². The van der Waals surface area contributed by atoms with Gasteiger partial charge >= 0.3 is 0 Å². The molecule has 2 atom stereocenters. The molecule has 2 N–H and O–H groups in total. The molecule has 0 unspecified atom stereocenters. The summed E-state index contributed by atoms with van der Waals surface area (Å²) >= 11 is 3.18. The largest absolute Gasteiger partial charge is 0.361 e. The lowest BCUT2D eigenvalue weighted by Gasteiger charge is -2.53. The lowest BCUT2D eigenvalue weighted by Crippen LogP contribution is -2.63. The van der Waals surface area contributed by atoms with Crippen molar-refractivity contribution in [3.8, 4) is 0 Å². The number of hydrogen-bond acceptors (Lipinski definition) is 8. The molecule has 2 aliphatic rings. The van der Waals surface area contributed by atoms with Gasteiger partial charge in [-0.15, -0.1) is 23.1 Å². The van der Waals surface area contributed by atoms with E-state index in [2.05, 4.69) is 27.0 Å². The Labute approximate surface area is 198 Å². The highest BCUT2D eigenvalue weighted by Crippen LogP contribution is 2.37. The van der Waals surface area contributed by atoms with Crippen molar-refractivity contribution in [3.05, 3.63) is 44.9 Å². The molecule has 0 aliphatic carbocycles. The van der Waals surface area contributed by atoms with Crippen molar-refractivity contribution in [2.24, 2.45) is 4.99 Å². The Bertz CT molecular complexity index is 1000. The number of nitrogens with one attached hydrogen (secondary N) is 2. The number of pyridine rings is 1. The second-order valence-electron chi connectivity index (χ2n) is 7.50. The molecule has 0 spiro atoms. The van der Waals surface area contributed by atoms with E-state index in [4.69, 9.17) is 5.41 Å². The number of piperidine rings is 1. The fourth-order valence-electron chi connectivity index (χ4n) is 3.99. The molecule has 1 amide bonds. The van der Waals surface area contributed by atoms with Gasteiger partial charge in [0.1, 0.15) is 5.82 Å². The topological polar surface area (TPSA) is 94.3 Å². The Morgan fingerprint density at radius 3 is 2.66 bits per heavy atom. The molecule has 4 rings (SSSR count). The number of hydrogen-bond donors (Lipinski definition) is 2. The number of anilines is 1. The summed E-state index contributed by atoms with van der Waals surface area (Å²) in [5, 5.41) is 14.0. The zero-order valence-corrected chi connectivity index (χ0v) is 20.6. The van der Waals surface area contributed by atoms with Gasteiger partial charge in [-0.2, -0.15) is 0 Å². The third-order valence-corrected chi connectivity index (χ3v) is 7.17. The van der Waals surface area contributed by atoms with Crippen LogP contribution in [0.5, 0.6) is 0 Å². The second kappa shape index (κ2) is 10.9. The summed E-state index contributed by atoms with van der Waals surface area (Å²) in [6, 6.07) is 4.04. The van der Waals surface area contributed by atoms with Crippen LogP contribution in [0.1, 0.15) is 59.0 Å². The second-order valence-corrected chi connectivity index (χ2v) is 9.56. The molecule has 2 saturated heterocycles. The Hall–Kier alpha value is -2.52. The van der Waals surface area contributed by atoms with Crippen LogP contribution in [0.4, 0.5) is 5.82 Å². The number of amides is 1. The molecule has 4 heterocycles. The first-order chi connectivity index (χ1) is 15.5. The minimum atomic E-state index is 0.0250. The lowest BCUT2D eigenvalue weighted by molar-refractivity contribution is 0.0117. The van der Waals surface area contributed by atoms with Crippen LogP contribution in [0.3, 0.4) is 0 Å². The summed E-state index contributed by atoms with van der Waals surface area (Å²) in [7, 11) is 0. The van der Waals surface area contributed by atoms with Crippen LogP contribution >= 0.6 is 23.1 Å². The van der Waals surface area contributed by atoms with E-state index in [1.54, 1.807) is 29.3 Å². The number of aromatic nitrogens is 2. The lowest BCUT2D eigenvalue weighted by atomic mass is 9.78. The van der Waals surface area contributed by atoms with E-state index >= 15 is 0 Å². The molecular weight excluding hydrogens is 440 g/mol. The molecule has 0 radical (unpaired) electrons. The number of nitrogens with zero attached hydrogens (tertiary/aromatic N) is 4. The molecule has 7 nitrogen and oxygen atoms in total. The first-order valence-corrected chi connectivity index (χ1v) is 12.6. The van der Waals surface area contributed by atoms with Crippen molar-refractivity contribution in [2.45, 2.75) is 59.0 Å². The van der Waals surface area contributed by atoms with Crippen LogP contribution in [-0.4, -0.2) is 51.2 Å². The molecule has 2 aromatic rings. The van der Waals surface area contributed by atoms with E-state index in [1.165, 1.54) is 0 Å². The predicted octanol–water partition coefficient (Wildman–Crippen LogP) is 5.38.